The molecule has 4 aromatic rings. The van der Waals surface area contributed by atoms with E-state index in [2.05, 4.69) is 10.3 Å². The first-order chi connectivity index (χ1) is 12.6. The van der Waals surface area contributed by atoms with Gasteiger partial charge >= 0.3 is 5.63 Å². The van der Waals surface area contributed by atoms with E-state index in [1.807, 2.05) is 30.5 Å². The number of nitrogens with zero attached hydrogens (tertiary/aromatic N) is 1. The van der Waals surface area contributed by atoms with Crippen LogP contribution in [0.3, 0.4) is 0 Å². The van der Waals surface area contributed by atoms with Crippen molar-refractivity contribution in [3.63, 3.8) is 0 Å². The summed E-state index contributed by atoms with van der Waals surface area (Å²) in [6, 6.07) is 12.7. The Balaban J connectivity index is 1.54. The van der Waals surface area contributed by atoms with Crippen LogP contribution in [0.25, 0.3) is 20.9 Å². The van der Waals surface area contributed by atoms with E-state index in [4.69, 9.17) is 4.42 Å². The number of benzene rings is 1. The Kier molecular flexibility index (Phi) is 4.40. The lowest BCUT2D eigenvalue weighted by atomic mass is 10.2. The van der Waals surface area contributed by atoms with Crippen LogP contribution in [0.2, 0.25) is 0 Å². The lowest BCUT2D eigenvalue weighted by molar-refractivity contribution is 0.0947. The lowest BCUT2D eigenvalue weighted by Crippen LogP contribution is -2.27. The third-order valence-corrected chi connectivity index (χ3v) is 6.12. The third-order valence-electron chi connectivity index (χ3n) is 3.92. The van der Waals surface area contributed by atoms with Gasteiger partial charge in [0.25, 0.3) is 5.91 Å². The van der Waals surface area contributed by atoms with Crippen LogP contribution in [-0.4, -0.2) is 10.9 Å². The molecule has 7 heteroatoms. The lowest BCUT2D eigenvalue weighted by Gasteiger charge is -2.04. The van der Waals surface area contributed by atoms with Gasteiger partial charge in [-0.2, -0.15) is 0 Å². The molecule has 1 aromatic carbocycles. The number of thiophene rings is 1. The molecule has 0 saturated carbocycles. The molecule has 3 heterocycles. The number of para-hydroxylation sites is 1. The summed E-state index contributed by atoms with van der Waals surface area (Å²) in [5.41, 5.74) is 0.711. The molecular formula is C19H14N2O3S2. The maximum atomic E-state index is 12.4. The van der Waals surface area contributed by atoms with Crippen molar-refractivity contribution in [2.45, 2.75) is 13.5 Å². The molecule has 0 saturated heterocycles. The van der Waals surface area contributed by atoms with E-state index in [-0.39, 0.29) is 5.56 Å². The van der Waals surface area contributed by atoms with Crippen LogP contribution < -0.4 is 10.9 Å². The number of rotatable bonds is 4. The summed E-state index contributed by atoms with van der Waals surface area (Å²) >= 11 is 3.17. The van der Waals surface area contributed by atoms with Gasteiger partial charge in [0.1, 0.15) is 16.2 Å². The van der Waals surface area contributed by atoms with Gasteiger partial charge in [-0.25, -0.2) is 9.78 Å². The molecule has 1 N–H and O–H groups in total. The second-order valence-corrected chi connectivity index (χ2v) is 7.70. The molecule has 3 aromatic heterocycles. The number of carbonyl (C=O) groups excluding carboxylic acids is 1. The van der Waals surface area contributed by atoms with Gasteiger partial charge < -0.3 is 9.73 Å². The van der Waals surface area contributed by atoms with Crippen LogP contribution in [-0.2, 0) is 6.54 Å². The molecule has 26 heavy (non-hydrogen) atoms. The maximum absolute atomic E-state index is 12.4. The van der Waals surface area contributed by atoms with Gasteiger partial charge in [-0.15, -0.1) is 22.7 Å². The van der Waals surface area contributed by atoms with Gasteiger partial charge in [0.05, 0.1) is 17.1 Å². The summed E-state index contributed by atoms with van der Waals surface area (Å²) in [5, 5.41) is 6.45. The van der Waals surface area contributed by atoms with E-state index < -0.39 is 11.5 Å². The number of hydrogen-bond donors (Lipinski definition) is 1. The Morgan fingerprint density at radius 3 is 2.88 bits per heavy atom. The topological polar surface area (TPSA) is 72.2 Å². The minimum Gasteiger partial charge on any atom is -0.422 e. The van der Waals surface area contributed by atoms with Crippen LogP contribution in [0.4, 0.5) is 0 Å². The summed E-state index contributed by atoms with van der Waals surface area (Å²) in [5.74, 6) is -0.449. The molecule has 0 fully saturated rings. The molecule has 0 aliphatic carbocycles. The molecule has 0 radical (unpaired) electrons. The molecule has 0 spiro atoms. The fraction of sp³-hybridized carbons (Fsp3) is 0.105. The number of carbonyl (C=O) groups is 1. The standard InChI is InChI=1S/C19H14N2O3S2/c1-11-16(26-18(21-11)15-7-4-8-25-15)10-20-17(22)13-9-12-5-2-3-6-14(12)24-19(13)23/h2-9H,10H2,1H3,(H,20,22). The largest absolute Gasteiger partial charge is 0.422 e. The highest BCUT2D eigenvalue weighted by Gasteiger charge is 2.15. The number of amides is 1. The summed E-state index contributed by atoms with van der Waals surface area (Å²) in [6.07, 6.45) is 0. The van der Waals surface area contributed by atoms with Crippen molar-refractivity contribution in [2.24, 2.45) is 0 Å². The Hall–Kier alpha value is -2.77. The van der Waals surface area contributed by atoms with Crippen molar-refractivity contribution in [1.82, 2.24) is 10.3 Å². The second-order valence-electron chi connectivity index (χ2n) is 5.67. The van der Waals surface area contributed by atoms with Crippen LogP contribution in [0.5, 0.6) is 0 Å². The van der Waals surface area contributed by atoms with Gasteiger partial charge in [-0.3, -0.25) is 4.79 Å². The highest BCUT2D eigenvalue weighted by molar-refractivity contribution is 7.21. The maximum Gasteiger partial charge on any atom is 0.349 e. The normalized spacial score (nSPS) is 11.0. The molecule has 0 aliphatic heterocycles. The average Bonchev–Trinajstić information content (AvgIpc) is 3.29. The first-order valence-corrected chi connectivity index (χ1v) is 9.63. The molecule has 130 valence electrons. The van der Waals surface area contributed by atoms with Crippen molar-refractivity contribution in [1.29, 1.82) is 0 Å². The highest BCUT2D eigenvalue weighted by atomic mass is 32.1. The summed E-state index contributed by atoms with van der Waals surface area (Å²) < 4.78 is 5.22. The van der Waals surface area contributed by atoms with Crippen molar-refractivity contribution in [3.8, 4) is 9.88 Å². The number of thiazole rings is 1. The molecule has 5 nitrogen and oxygen atoms in total. The Morgan fingerprint density at radius 1 is 1.23 bits per heavy atom. The molecule has 0 aliphatic rings. The van der Waals surface area contributed by atoms with E-state index in [9.17, 15) is 9.59 Å². The Labute approximate surface area is 157 Å². The molecule has 0 unspecified atom stereocenters. The fourth-order valence-electron chi connectivity index (χ4n) is 2.57. The summed E-state index contributed by atoms with van der Waals surface area (Å²) in [4.78, 5) is 31.1. The number of aryl methyl sites for hydroxylation is 1. The van der Waals surface area contributed by atoms with Gasteiger partial charge in [-0.05, 0) is 30.5 Å². The molecular weight excluding hydrogens is 368 g/mol. The van der Waals surface area contributed by atoms with Crippen LogP contribution in [0.15, 0.2) is 57.1 Å². The van der Waals surface area contributed by atoms with Crippen molar-refractivity contribution < 1.29 is 9.21 Å². The van der Waals surface area contributed by atoms with Gasteiger partial charge in [0.2, 0.25) is 0 Å². The highest BCUT2D eigenvalue weighted by Crippen LogP contribution is 2.30. The van der Waals surface area contributed by atoms with Crippen molar-refractivity contribution in [3.05, 3.63) is 74.4 Å². The second kappa shape index (κ2) is 6.86. The molecule has 0 atom stereocenters. The first kappa shape index (κ1) is 16.7. The number of hydrogen-bond acceptors (Lipinski definition) is 6. The van der Waals surface area contributed by atoms with Crippen LogP contribution >= 0.6 is 22.7 Å². The SMILES string of the molecule is Cc1nc(-c2cccs2)sc1CNC(=O)c1cc2ccccc2oc1=O. The van der Waals surface area contributed by atoms with Gasteiger partial charge in [0, 0.05) is 10.3 Å². The first-order valence-electron chi connectivity index (χ1n) is 7.93. The monoisotopic (exact) mass is 382 g/mol. The number of nitrogens with one attached hydrogen (secondary N) is 1. The predicted octanol–water partition coefficient (Wildman–Crippen LogP) is 4.22. The third kappa shape index (κ3) is 3.18. The van der Waals surface area contributed by atoms with E-state index >= 15 is 0 Å². The fourth-order valence-corrected chi connectivity index (χ4v) is 4.37. The molecule has 1 amide bonds. The Morgan fingerprint density at radius 2 is 2.08 bits per heavy atom. The number of fused-ring (bicyclic) bond motifs is 1. The van der Waals surface area contributed by atoms with E-state index in [1.54, 1.807) is 46.9 Å². The van der Waals surface area contributed by atoms with Gasteiger partial charge in [0.15, 0.2) is 0 Å². The molecule has 0 bridgehead atoms. The van der Waals surface area contributed by atoms with Gasteiger partial charge in [-0.1, -0.05) is 24.3 Å². The minimum absolute atomic E-state index is 0.00403. The summed E-state index contributed by atoms with van der Waals surface area (Å²) in [6.45, 7) is 2.24. The quantitative estimate of drug-likeness (QED) is 0.537. The molecule has 4 rings (SSSR count). The van der Waals surface area contributed by atoms with Crippen LogP contribution in [0, 0.1) is 6.92 Å². The summed E-state index contributed by atoms with van der Waals surface area (Å²) in [7, 11) is 0. The zero-order valence-electron chi connectivity index (χ0n) is 13.8. The Bertz CT molecular complexity index is 1140. The van der Waals surface area contributed by atoms with Crippen molar-refractivity contribution >= 4 is 39.5 Å². The minimum atomic E-state index is -0.637. The zero-order valence-corrected chi connectivity index (χ0v) is 15.4. The van der Waals surface area contributed by atoms with E-state index in [1.165, 1.54) is 0 Å². The number of aromatic nitrogens is 1. The van der Waals surface area contributed by atoms with E-state index in [0.29, 0.717) is 17.5 Å². The van der Waals surface area contributed by atoms with Crippen LogP contribution in [0.1, 0.15) is 20.9 Å². The van der Waals surface area contributed by atoms with E-state index in [0.717, 1.165) is 20.5 Å². The smallest absolute Gasteiger partial charge is 0.349 e. The average molecular weight is 382 g/mol. The zero-order chi connectivity index (χ0) is 18.1. The predicted molar refractivity (Wildman–Crippen MR) is 104 cm³/mol. The van der Waals surface area contributed by atoms with Crippen molar-refractivity contribution in [2.75, 3.05) is 0 Å².